The Morgan fingerprint density at radius 2 is 1.24 bits per heavy atom. The molecule has 0 aliphatic rings. The van der Waals surface area contributed by atoms with Crippen molar-refractivity contribution in [1.29, 1.82) is 0 Å². The van der Waals surface area contributed by atoms with Gasteiger partial charge in [0.15, 0.2) is 0 Å². The molecule has 0 aromatic rings. The van der Waals surface area contributed by atoms with Crippen molar-refractivity contribution in [1.82, 2.24) is 0 Å². The molecule has 0 bridgehead atoms. The number of allylic oxidation sites excluding steroid dienone is 6. The fraction of sp³-hybridized carbons (Fsp3) is 0.429. The van der Waals surface area contributed by atoms with Crippen LogP contribution in [0.4, 0.5) is 0 Å². The molecule has 0 amide bonds. The standard InChI is InChI=1S/C14H23BO2/c1-3-5-7-9-11-13-16-15-17-14-12-10-8-6-4-2/h7-15H,3-6H2,1-2H3/b9-7+,10-8?,13-11?,14-12?. The number of hydrogen-bond acceptors (Lipinski definition) is 2. The zero-order valence-electron chi connectivity index (χ0n) is 11.0. The van der Waals surface area contributed by atoms with Gasteiger partial charge in [-0.1, -0.05) is 51.0 Å². The van der Waals surface area contributed by atoms with E-state index >= 15 is 0 Å². The minimum absolute atomic E-state index is 0.246. The zero-order chi connectivity index (χ0) is 12.6. The lowest BCUT2D eigenvalue weighted by molar-refractivity contribution is 0.376. The van der Waals surface area contributed by atoms with Gasteiger partial charge in [-0.15, -0.1) is 0 Å². The monoisotopic (exact) mass is 234 g/mol. The molecule has 0 aliphatic heterocycles. The van der Waals surface area contributed by atoms with Gasteiger partial charge in [0.1, 0.15) is 0 Å². The lowest BCUT2D eigenvalue weighted by Gasteiger charge is -1.95. The molecular formula is C14H23BO2. The van der Waals surface area contributed by atoms with Gasteiger partial charge in [0, 0.05) is 0 Å². The van der Waals surface area contributed by atoms with Gasteiger partial charge in [0.25, 0.3) is 0 Å². The van der Waals surface area contributed by atoms with Crippen molar-refractivity contribution in [3.63, 3.8) is 0 Å². The molecule has 0 aliphatic carbocycles. The first kappa shape index (κ1) is 15.6. The molecule has 0 aromatic heterocycles. The Kier molecular flexibility index (Phi) is 13.4. The number of unbranched alkanes of at least 4 members (excludes halogenated alkanes) is 2. The molecule has 0 saturated carbocycles. The Bertz CT molecular complexity index is 229. The highest BCUT2D eigenvalue weighted by Gasteiger charge is 1.83. The summed E-state index contributed by atoms with van der Waals surface area (Å²) in [5, 5.41) is 0. The molecule has 0 saturated heterocycles. The van der Waals surface area contributed by atoms with E-state index in [0.29, 0.717) is 0 Å². The summed E-state index contributed by atoms with van der Waals surface area (Å²) in [7, 11) is 0.246. The largest absolute Gasteiger partial charge is 0.575 e. The Morgan fingerprint density at radius 3 is 1.65 bits per heavy atom. The molecule has 0 spiro atoms. The second kappa shape index (κ2) is 14.6. The van der Waals surface area contributed by atoms with Crippen molar-refractivity contribution in [3.8, 4) is 0 Å². The normalized spacial score (nSPS) is 12.1. The van der Waals surface area contributed by atoms with Crippen LogP contribution >= 0.6 is 0 Å². The zero-order valence-corrected chi connectivity index (χ0v) is 11.0. The van der Waals surface area contributed by atoms with Crippen molar-refractivity contribution >= 4 is 7.69 Å². The van der Waals surface area contributed by atoms with E-state index in [2.05, 4.69) is 26.0 Å². The minimum atomic E-state index is 0.246. The lowest BCUT2D eigenvalue weighted by Crippen LogP contribution is -1.93. The summed E-state index contributed by atoms with van der Waals surface area (Å²) in [5.41, 5.74) is 0. The van der Waals surface area contributed by atoms with Gasteiger partial charge >= 0.3 is 7.69 Å². The topological polar surface area (TPSA) is 18.5 Å². The summed E-state index contributed by atoms with van der Waals surface area (Å²) >= 11 is 0. The fourth-order valence-corrected chi connectivity index (χ4v) is 1.00. The molecule has 0 heterocycles. The van der Waals surface area contributed by atoms with Crippen LogP contribution in [0.1, 0.15) is 39.5 Å². The summed E-state index contributed by atoms with van der Waals surface area (Å²) in [6.45, 7) is 4.30. The molecular weight excluding hydrogens is 211 g/mol. The first-order chi connectivity index (χ1) is 8.41. The van der Waals surface area contributed by atoms with Crippen LogP contribution in [0.3, 0.4) is 0 Å². The number of hydrogen-bond donors (Lipinski definition) is 0. The molecule has 2 nitrogen and oxygen atoms in total. The van der Waals surface area contributed by atoms with Crippen LogP contribution in [0, 0.1) is 0 Å². The maximum atomic E-state index is 5.11. The van der Waals surface area contributed by atoms with E-state index in [1.807, 2.05) is 24.3 Å². The summed E-state index contributed by atoms with van der Waals surface area (Å²) < 4.78 is 10.2. The van der Waals surface area contributed by atoms with Crippen LogP contribution in [-0.4, -0.2) is 7.69 Å². The highest BCUT2D eigenvalue weighted by Crippen LogP contribution is 1.90. The highest BCUT2D eigenvalue weighted by atomic mass is 16.6. The Hall–Kier alpha value is -1.38. The van der Waals surface area contributed by atoms with Crippen LogP contribution in [0.15, 0.2) is 49.0 Å². The van der Waals surface area contributed by atoms with Gasteiger partial charge in [0.2, 0.25) is 0 Å². The Morgan fingerprint density at radius 1 is 0.765 bits per heavy atom. The van der Waals surface area contributed by atoms with Crippen LogP contribution in [-0.2, 0) is 9.31 Å². The molecule has 0 unspecified atom stereocenters. The van der Waals surface area contributed by atoms with E-state index < -0.39 is 0 Å². The quantitative estimate of drug-likeness (QED) is 0.246. The summed E-state index contributed by atoms with van der Waals surface area (Å²) in [5.74, 6) is 0. The number of rotatable bonds is 10. The molecule has 0 radical (unpaired) electrons. The van der Waals surface area contributed by atoms with E-state index in [4.69, 9.17) is 9.31 Å². The van der Waals surface area contributed by atoms with Crippen LogP contribution in [0.5, 0.6) is 0 Å². The molecule has 0 aromatic carbocycles. The Balaban J connectivity index is 3.33. The fourth-order valence-electron chi connectivity index (χ4n) is 1.00. The summed E-state index contributed by atoms with van der Waals surface area (Å²) in [6.07, 6.45) is 19.7. The third kappa shape index (κ3) is 14.6. The van der Waals surface area contributed by atoms with E-state index in [0.717, 1.165) is 12.8 Å². The molecule has 0 atom stereocenters. The van der Waals surface area contributed by atoms with Gasteiger partial charge in [-0.25, -0.2) is 0 Å². The summed E-state index contributed by atoms with van der Waals surface area (Å²) in [6, 6.07) is 0. The third-order valence-corrected chi connectivity index (χ3v) is 1.89. The highest BCUT2D eigenvalue weighted by molar-refractivity contribution is 6.18. The van der Waals surface area contributed by atoms with Gasteiger partial charge in [-0.3, -0.25) is 0 Å². The average Bonchev–Trinajstić information content (AvgIpc) is 2.35. The second-order valence-electron chi connectivity index (χ2n) is 3.54. The van der Waals surface area contributed by atoms with Crippen molar-refractivity contribution in [2.24, 2.45) is 0 Å². The van der Waals surface area contributed by atoms with E-state index in [-0.39, 0.29) is 7.69 Å². The molecule has 0 rings (SSSR count). The van der Waals surface area contributed by atoms with E-state index in [9.17, 15) is 0 Å². The smallest absolute Gasteiger partial charge is 0.535 e. The molecule has 94 valence electrons. The Labute approximate surface area is 106 Å². The van der Waals surface area contributed by atoms with E-state index in [1.54, 1.807) is 12.5 Å². The summed E-state index contributed by atoms with van der Waals surface area (Å²) in [4.78, 5) is 0. The molecule has 3 heteroatoms. The van der Waals surface area contributed by atoms with Gasteiger partial charge in [-0.2, -0.15) is 0 Å². The van der Waals surface area contributed by atoms with Crippen LogP contribution in [0.25, 0.3) is 0 Å². The predicted octanol–water partition coefficient (Wildman–Crippen LogP) is 4.03. The predicted molar refractivity (Wildman–Crippen MR) is 75.7 cm³/mol. The van der Waals surface area contributed by atoms with Gasteiger partial charge in [0.05, 0.1) is 12.5 Å². The lowest BCUT2D eigenvalue weighted by atomic mass is 10.3. The van der Waals surface area contributed by atoms with Gasteiger partial charge < -0.3 is 9.31 Å². The van der Waals surface area contributed by atoms with Crippen molar-refractivity contribution < 1.29 is 9.31 Å². The van der Waals surface area contributed by atoms with Crippen LogP contribution in [0.2, 0.25) is 0 Å². The van der Waals surface area contributed by atoms with Crippen molar-refractivity contribution in [2.75, 3.05) is 0 Å². The maximum Gasteiger partial charge on any atom is 0.575 e. The van der Waals surface area contributed by atoms with Crippen molar-refractivity contribution in [3.05, 3.63) is 49.0 Å². The van der Waals surface area contributed by atoms with Crippen LogP contribution < -0.4 is 0 Å². The molecule has 0 fully saturated rings. The SMILES string of the molecule is CCCC=CC=COBOC=C/C=C/CCC. The first-order valence-corrected chi connectivity index (χ1v) is 6.28. The third-order valence-electron chi connectivity index (χ3n) is 1.89. The van der Waals surface area contributed by atoms with E-state index in [1.165, 1.54) is 12.8 Å². The minimum Gasteiger partial charge on any atom is -0.535 e. The van der Waals surface area contributed by atoms with Gasteiger partial charge in [-0.05, 0) is 25.0 Å². The maximum absolute atomic E-state index is 5.11. The second-order valence-corrected chi connectivity index (χ2v) is 3.54. The van der Waals surface area contributed by atoms with Crippen molar-refractivity contribution in [2.45, 2.75) is 39.5 Å². The molecule has 17 heavy (non-hydrogen) atoms. The average molecular weight is 234 g/mol. The first-order valence-electron chi connectivity index (χ1n) is 6.28. The molecule has 0 N–H and O–H groups in total.